The first kappa shape index (κ1) is 17.0. The number of hydrogen-bond donors (Lipinski definition) is 0. The molecule has 4 rings (SSSR count). The zero-order chi connectivity index (χ0) is 18.3. The zero-order valence-electron chi connectivity index (χ0n) is 14.2. The van der Waals surface area contributed by atoms with E-state index < -0.39 is 11.7 Å². The normalized spacial score (nSPS) is 19.8. The summed E-state index contributed by atoms with van der Waals surface area (Å²) in [7, 11) is 2.04. The van der Waals surface area contributed by atoms with Crippen molar-refractivity contribution < 1.29 is 22.6 Å². The molecule has 0 radical (unpaired) electrons. The van der Waals surface area contributed by atoms with Gasteiger partial charge >= 0.3 is 6.18 Å². The van der Waals surface area contributed by atoms with Crippen LogP contribution in [0.3, 0.4) is 0 Å². The van der Waals surface area contributed by atoms with Crippen molar-refractivity contribution in [2.24, 2.45) is 0 Å². The zero-order valence-corrected chi connectivity index (χ0v) is 14.2. The summed E-state index contributed by atoms with van der Waals surface area (Å²) in [6.07, 6.45) is 0.490. The summed E-state index contributed by atoms with van der Waals surface area (Å²) in [4.78, 5) is 2.21. The van der Waals surface area contributed by atoms with E-state index in [2.05, 4.69) is 4.90 Å². The predicted octanol–water partition coefficient (Wildman–Crippen LogP) is 4.68. The van der Waals surface area contributed by atoms with Crippen LogP contribution in [0.1, 0.15) is 28.3 Å². The molecule has 0 bridgehead atoms. The van der Waals surface area contributed by atoms with Gasteiger partial charge in [0.15, 0.2) is 11.5 Å². The Bertz CT molecular complexity index is 843. The minimum Gasteiger partial charge on any atom is -0.454 e. The summed E-state index contributed by atoms with van der Waals surface area (Å²) in [5.74, 6) is 1.52. The molecule has 3 nitrogen and oxygen atoms in total. The summed E-state index contributed by atoms with van der Waals surface area (Å²) < 4.78 is 49.0. The molecular weight excluding hydrogens is 343 g/mol. The Balaban J connectivity index is 1.61. The summed E-state index contributed by atoms with van der Waals surface area (Å²) in [6, 6.07) is 9.27. The second-order valence-electron chi connectivity index (χ2n) is 6.56. The number of likely N-dealkylation sites (N-methyl/N-ethyl adjacent to an activating group) is 1. The summed E-state index contributed by atoms with van der Waals surface area (Å²) >= 11 is 0. The summed E-state index contributed by atoms with van der Waals surface area (Å²) in [5.41, 5.74) is 2.46. The van der Waals surface area contributed by atoms with Crippen molar-refractivity contribution in [2.75, 3.05) is 20.4 Å². The molecule has 136 valence electrons. The van der Waals surface area contributed by atoms with Crippen molar-refractivity contribution in [2.45, 2.75) is 18.6 Å². The Hall–Kier alpha value is -2.47. The van der Waals surface area contributed by atoms with E-state index in [-0.39, 0.29) is 12.8 Å². The van der Waals surface area contributed by atoms with Crippen LogP contribution >= 0.6 is 0 Å². The van der Waals surface area contributed by atoms with Crippen LogP contribution in [0.2, 0.25) is 0 Å². The molecule has 6 heteroatoms. The third kappa shape index (κ3) is 3.17. The minimum absolute atomic E-state index is 0.0375. The lowest BCUT2D eigenvalue weighted by molar-refractivity contribution is -0.137. The van der Waals surface area contributed by atoms with Gasteiger partial charge in [-0.2, -0.15) is 13.2 Å². The van der Waals surface area contributed by atoms with E-state index >= 15 is 0 Å². The van der Waals surface area contributed by atoms with Gasteiger partial charge in [0.25, 0.3) is 0 Å². The van der Waals surface area contributed by atoms with Gasteiger partial charge in [0.05, 0.1) is 11.6 Å². The van der Waals surface area contributed by atoms with E-state index in [9.17, 15) is 13.2 Å². The topological polar surface area (TPSA) is 21.7 Å². The molecule has 2 aromatic carbocycles. The molecule has 0 amide bonds. The molecule has 0 aliphatic carbocycles. The van der Waals surface area contributed by atoms with Crippen LogP contribution in [-0.2, 0) is 12.6 Å². The highest BCUT2D eigenvalue weighted by Gasteiger charge is 2.30. The SMILES string of the molecule is CN1CCc2cc3c(cc2C1/C=C/c1ccc(C(F)(F)F)cc1)OCO3. The standard InChI is InChI=1S/C20H18F3NO2/c1-24-9-8-14-10-18-19(26-12-25-18)11-16(14)17(24)7-4-13-2-5-15(6-3-13)20(21,22)23/h2-7,10-11,17H,8-9,12H2,1H3/b7-4+. The average Bonchev–Trinajstić information content (AvgIpc) is 3.06. The molecule has 0 N–H and O–H groups in total. The molecule has 0 fully saturated rings. The van der Waals surface area contributed by atoms with Crippen LogP contribution in [0.5, 0.6) is 11.5 Å². The molecule has 0 saturated carbocycles. The Morgan fingerprint density at radius 1 is 1.08 bits per heavy atom. The molecule has 1 unspecified atom stereocenters. The van der Waals surface area contributed by atoms with Crippen LogP contribution in [0.15, 0.2) is 42.5 Å². The molecular formula is C20H18F3NO2. The fourth-order valence-electron chi connectivity index (χ4n) is 3.40. The smallest absolute Gasteiger partial charge is 0.416 e. The number of alkyl halides is 3. The maximum absolute atomic E-state index is 12.7. The largest absolute Gasteiger partial charge is 0.454 e. The van der Waals surface area contributed by atoms with Gasteiger partial charge in [-0.3, -0.25) is 4.90 Å². The van der Waals surface area contributed by atoms with Crippen molar-refractivity contribution in [3.8, 4) is 11.5 Å². The Morgan fingerprint density at radius 3 is 2.46 bits per heavy atom. The second kappa shape index (κ2) is 6.36. The molecule has 1 atom stereocenters. The van der Waals surface area contributed by atoms with Gasteiger partial charge in [-0.1, -0.05) is 24.3 Å². The van der Waals surface area contributed by atoms with Crippen molar-refractivity contribution >= 4 is 6.08 Å². The van der Waals surface area contributed by atoms with Crippen molar-refractivity contribution in [1.82, 2.24) is 4.90 Å². The van der Waals surface area contributed by atoms with Crippen molar-refractivity contribution in [3.63, 3.8) is 0 Å². The van der Waals surface area contributed by atoms with E-state index in [0.717, 1.165) is 47.7 Å². The maximum atomic E-state index is 12.7. The summed E-state index contributed by atoms with van der Waals surface area (Å²) in [6.45, 7) is 1.13. The molecule has 0 spiro atoms. The predicted molar refractivity (Wildman–Crippen MR) is 92.1 cm³/mol. The maximum Gasteiger partial charge on any atom is 0.416 e. The number of halogens is 3. The number of ether oxygens (including phenoxy) is 2. The number of nitrogens with zero attached hydrogens (tertiary/aromatic N) is 1. The first-order valence-corrected chi connectivity index (χ1v) is 8.40. The van der Waals surface area contributed by atoms with Crippen molar-refractivity contribution in [1.29, 1.82) is 0 Å². The molecule has 26 heavy (non-hydrogen) atoms. The third-order valence-electron chi connectivity index (χ3n) is 4.87. The van der Waals surface area contributed by atoms with Gasteiger partial charge in [-0.15, -0.1) is 0 Å². The first-order valence-electron chi connectivity index (χ1n) is 8.40. The Morgan fingerprint density at radius 2 is 1.77 bits per heavy atom. The van der Waals surface area contributed by atoms with Crippen LogP contribution in [0.4, 0.5) is 13.2 Å². The monoisotopic (exact) mass is 361 g/mol. The van der Waals surface area contributed by atoms with E-state index in [0.29, 0.717) is 0 Å². The molecule has 0 aromatic heterocycles. The lowest BCUT2D eigenvalue weighted by Gasteiger charge is -2.33. The lowest BCUT2D eigenvalue weighted by Crippen LogP contribution is -2.30. The third-order valence-corrected chi connectivity index (χ3v) is 4.87. The number of rotatable bonds is 2. The van der Waals surface area contributed by atoms with Crippen LogP contribution in [-0.4, -0.2) is 25.3 Å². The lowest BCUT2D eigenvalue weighted by atomic mass is 9.91. The second-order valence-corrected chi connectivity index (χ2v) is 6.56. The van der Waals surface area contributed by atoms with Gasteiger partial charge in [0, 0.05) is 6.54 Å². The van der Waals surface area contributed by atoms with E-state index in [1.54, 1.807) is 0 Å². The molecule has 2 heterocycles. The number of fused-ring (bicyclic) bond motifs is 2. The highest BCUT2D eigenvalue weighted by Crippen LogP contribution is 2.40. The summed E-state index contributed by atoms with van der Waals surface area (Å²) in [5, 5.41) is 0. The molecule has 2 aliphatic rings. The highest BCUT2D eigenvalue weighted by atomic mass is 19.4. The Kier molecular flexibility index (Phi) is 4.15. The molecule has 0 saturated heterocycles. The van der Waals surface area contributed by atoms with Gasteiger partial charge in [-0.05, 0) is 54.4 Å². The van der Waals surface area contributed by atoms with Crippen LogP contribution in [0.25, 0.3) is 6.08 Å². The minimum atomic E-state index is -4.31. The van der Waals surface area contributed by atoms with Gasteiger partial charge in [0.2, 0.25) is 6.79 Å². The fraction of sp³-hybridized carbons (Fsp3) is 0.300. The van der Waals surface area contributed by atoms with E-state index in [4.69, 9.17) is 9.47 Å². The van der Waals surface area contributed by atoms with Crippen LogP contribution < -0.4 is 9.47 Å². The molecule has 2 aliphatic heterocycles. The van der Waals surface area contributed by atoms with Gasteiger partial charge in [0.1, 0.15) is 0 Å². The van der Waals surface area contributed by atoms with Crippen molar-refractivity contribution in [3.05, 3.63) is 64.7 Å². The Labute approximate surface area is 149 Å². The number of hydrogen-bond acceptors (Lipinski definition) is 3. The fourth-order valence-corrected chi connectivity index (χ4v) is 3.40. The van der Waals surface area contributed by atoms with Gasteiger partial charge in [-0.25, -0.2) is 0 Å². The van der Waals surface area contributed by atoms with E-state index in [1.165, 1.54) is 17.7 Å². The van der Waals surface area contributed by atoms with Gasteiger partial charge < -0.3 is 9.47 Å². The number of benzene rings is 2. The molecule has 2 aromatic rings. The van der Waals surface area contributed by atoms with E-state index in [1.807, 2.05) is 31.3 Å². The first-order chi connectivity index (χ1) is 12.4. The highest BCUT2D eigenvalue weighted by molar-refractivity contribution is 5.55. The average molecular weight is 361 g/mol. The quantitative estimate of drug-likeness (QED) is 0.775. The van der Waals surface area contributed by atoms with Crippen LogP contribution in [0, 0.1) is 0 Å².